The number of carbonyl (C=O) groups excluding carboxylic acids is 1. The van der Waals surface area contributed by atoms with Crippen molar-refractivity contribution in [3.8, 4) is 0 Å². The van der Waals surface area contributed by atoms with Crippen LogP contribution in [0.4, 0.5) is 9.52 Å². The Labute approximate surface area is 149 Å². The summed E-state index contributed by atoms with van der Waals surface area (Å²) in [6.07, 6.45) is 0. The van der Waals surface area contributed by atoms with Gasteiger partial charge < -0.3 is 4.90 Å². The van der Waals surface area contributed by atoms with Crippen molar-refractivity contribution >= 4 is 32.6 Å². The maximum absolute atomic E-state index is 13.5. The number of aromatic nitrogens is 3. The normalized spacial score (nSPS) is 11.4. The number of amides is 1. The van der Waals surface area contributed by atoms with Gasteiger partial charge in [-0.3, -0.25) is 14.4 Å². The fourth-order valence-electron chi connectivity index (χ4n) is 2.39. The molecule has 0 aliphatic carbocycles. The summed E-state index contributed by atoms with van der Waals surface area (Å²) in [4.78, 5) is 21.1. The average Bonchev–Trinajstić information content (AvgIpc) is 3.10. The van der Waals surface area contributed by atoms with Gasteiger partial charge in [-0.1, -0.05) is 11.3 Å². The number of carbonyl (C=O) groups is 1. The molecule has 0 saturated carbocycles. The molecule has 0 N–H and O–H groups in total. The van der Waals surface area contributed by atoms with E-state index in [2.05, 4.69) is 10.1 Å². The van der Waals surface area contributed by atoms with Gasteiger partial charge >= 0.3 is 0 Å². The molecule has 0 radical (unpaired) electrons. The van der Waals surface area contributed by atoms with Crippen LogP contribution < -0.4 is 4.90 Å². The second-order valence-corrected chi connectivity index (χ2v) is 7.17. The van der Waals surface area contributed by atoms with E-state index in [0.717, 1.165) is 10.4 Å². The summed E-state index contributed by atoms with van der Waals surface area (Å²) >= 11 is 1.31. The van der Waals surface area contributed by atoms with Crippen LogP contribution in [0.2, 0.25) is 0 Å². The largest absolute Gasteiger partial charge is 0.308 e. The highest BCUT2D eigenvalue weighted by atomic mass is 32.1. The van der Waals surface area contributed by atoms with E-state index < -0.39 is 0 Å². The Morgan fingerprint density at radius 3 is 2.68 bits per heavy atom. The molecule has 132 valence electrons. The molecule has 8 heteroatoms. The Balaban J connectivity index is 1.98. The fourth-order valence-corrected chi connectivity index (χ4v) is 3.40. The first-order chi connectivity index (χ1) is 11.8. The SMILES string of the molecule is Cc1cc(C(=O)N(CCN(C)C)c2nc3ccc(F)cc3s2)nn1C. The van der Waals surface area contributed by atoms with Gasteiger partial charge in [-0.05, 0) is 45.3 Å². The smallest absolute Gasteiger partial charge is 0.280 e. The molecule has 0 fully saturated rings. The number of aryl methyl sites for hydroxylation is 2. The highest BCUT2D eigenvalue weighted by molar-refractivity contribution is 7.22. The summed E-state index contributed by atoms with van der Waals surface area (Å²) in [5.74, 6) is -0.515. The van der Waals surface area contributed by atoms with E-state index in [9.17, 15) is 9.18 Å². The van der Waals surface area contributed by atoms with Gasteiger partial charge in [0, 0.05) is 25.8 Å². The standard InChI is InChI=1S/C17H20FN5OS/c1-11-9-14(20-22(11)4)16(24)23(8-7-21(2)3)17-19-13-6-5-12(18)10-15(13)25-17/h5-6,9-10H,7-8H2,1-4H3. The monoisotopic (exact) mass is 361 g/mol. The molecule has 1 amide bonds. The van der Waals surface area contributed by atoms with Gasteiger partial charge in [0.2, 0.25) is 0 Å². The molecule has 25 heavy (non-hydrogen) atoms. The highest BCUT2D eigenvalue weighted by Crippen LogP contribution is 2.30. The van der Waals surface area contributed by atoms with Gasteiger partial charge in [-0.2, -0.15) is 5.10 Å². The second-order valence-electron chi connectivity index (χ2n) is 6.16. The van der Waals surface area contributed by atoms with E-state index >= 15 is 0 Å². The number of hydrogen-bond donors (Lipinski definition) is 0. The zero-order chi connectivity index (χ0) is 18.1. The minimum Gasteiger partial charge on any atom is -0.308 e. The number of hydrogen-bond acceptors (Lipinski definition) is 5. The fraction of sp³-hybridized carbons (Fsp3) is 0.353. The minimum absolute atomic E-state index is 0.204. The van der Waals surface area contributed by atoms with Crippen LogP contribution in [0.1, 0.15) is 16.2 Å². The van der Waals surface area contributed by atoms with Gasteiger partial charge in [0.15, 0.2) is 10.8 Å². The molecule has 1 aromatic carbocycles. The Bertz CT molecular complexity index is 898. The maximum Gasteiger partial charge on any atom is 0.280 e. The van der Waals surface area contributed by atoms with Crippen LogP contribution >= 0.6 is 11.3 Å². The Hall–Kier alpha value is -2.32. The summed E-state index contributed by atoms with van der Waals surface area (Å²) in [7, 11) is 5.69. The number of thiazole rings is 1. The van der Waals surface area contributed by atoms with Crippen molar-refractivity contribution in [1.82, 2.24) is 19.7 Å². The third-order valence-corrected chi connectivity index (χ3v) is 4.96. The quantitative estimate of drug-likeness (QED) is 0.701. The number of likely N-dealkylation sites (N-methyl/N-ethyl adjacent to an activating group) is 1. The van der Waals surface area contributed by atoms with Gasteiger partial charge in [-0.25, -0.2) is 9.37 Å². The summed E-state index contributed by atoms with van der Waals surface area (Å²) in [6, 6.07) is 6.21. The maximum atomic E-state index is 13.5. The number of fused-ring (bicyclic) bond motifs is 1. The van der Waals surface area contributed by atoms with E-state index in [0.29, 0.717) is 29.4 Å². The lowest BCUT2D eigenvalue weighted by Crippen LogP contribution is -2.37. The van der Waals surface area contributed by atoms with Crippen molar-refractivity contribution in [2.24, 2.45) is 7.05 Å². The lowest BCUT2D eigenvalue weighted by atomic mass is 10.3. The van der Waals surface area contributed by atoms with Crippen LogP contribution in [0.3, 0.4) is 0 Å². The predicted molar refractivity (Wildman–Crippen MR) is 97.8 cm³/mol. The molecule has 0 saturated heterocycles. The molecule has 6 nitrogen and oxygen atoms in total. The second kappa shape index (κ2) is 6.89. The molecule has 0 unspecified atom stereocenters. The van der Waals surface area contributed by atoms with Crippen molar-refractivity contribution in [2.45, 2.75) is 6.92 Å². The molecule has 3 aromatic rings. The van der Waals surface area contributed by atoms with Gasteiger partial charge in [0.25, 0.3) is 5.91 Å². The first kappa shape index (κ1) is 17.5. The third-order valence-electron chi connectivity index (χ3n) is 3.92. The Morgan fingerprint density at radius 2 is 2.04 bits per heavy atom. The minimum atomic E-state index is -0.311. The first-order valence-corrected chi connectivity index (χ1v) is 8.70. The summed E-state index contributed by atoms with van der Waals surface area (Å²) < 4.78 is 15.8. The number of halogens is 1. The van der Waals surface area contributed by atoms with Crippen LogP contribution in [-0.2, 0) is 7.05 Å². The number of anilines is 1. The van der Waals surface area contributed by atoms with Gasteiger partial charge in [0.05, 0.1) is 10.2 Å². The third kappa shape index (κ3) is 3.69. The molecule has 3 rings (SSSR count). The molecule has 0 aliphatic rings. The highest BCUT2D eigenvalue weighted by Gasteiger charge is 2.24. The summed E-state index contributed by atoms with van der Waals surface area (Å²) in [6.45, 7) is 3.06. The lowest BCUT2D eigenvalue weighted by molar-refractivity contribution is 0.0979. The zero-order valence-corrected chi connectivity index (χ0v) is 15.5. The number of benzene rings is 1. The molecule has 0 atom stereocenters. The Kier molecular flexibility index (Phi) is 4.82. The number of nitrogens with zero attached hydrogens (tertiary/aromatic N) is 5. The molecular formula is C17H20FN5OS. The van der Waals surface area contributed by atoms with Crippen molar-refractivity contribution in [2.75, 3.05) is 32.1 Å². The molecular weight excluding hydrogens is 341 g/mol. The van der Waals surface area contributed by atoms with Gasteiger partial charge in [-0.15, -0.1) is 0 Å². The van der Waals surface area contributed by atoms with Crippen LogP contribution in [0, 0.1) is 12.7 Å². The predicted octanol–water partition coefficient (Wildman–Crippen LogP) is 2.69. The van der Waals surface area contributed by atoms with E-state index in [1.54, 1.807) is 28.8 Å². The van der Waals surface area contributed by atoms with E-state index in [4.69, 9.17) is 0 Å². The summed E-state index contributed by atoms with van der Waals surface area (Å²) in [5, 5.41) is 4.83. The summed E-state index contributed by atoms with van der Waals surface area (Å²) in [5.41, 5.74) is 1.97. The van der Waals surface area contributed by atoms with Crippen molar-refractivity contribution in [1.29, 1.82) is 0 Å². The molecule has 2 heterocycles. The molecule has 0 spiro atoms. The topological polar surface area (TPSA) is 54.3 Å². The van der Waals surface area contributed by atoms with E-state index in [1.807, 2.05) is 25.9 Å². The van der Waals surface area contributed by atoms with E-state index in [-0.39, 0.29) is 11.7 Å². The lowest BCUT2D eigenvalue weighted by Gasteiger charge is -2.21. The van der Waals surface area contributed by atoms with Crippen LogP contribution in [-0.4, -0.2) is 52.8 Å². The molecule has 2 aromatic heterocycles. The van der Waals surface area contributed by atoms with Crippen molar-refractivity contribution in [3.05, 3.63) is 41.5 Å². The first-order valence-electron chi connectivity index (χ1n) is 7.88. The van der Waals surface area contributed by atoms with E-state index in [1.165, 1.54) is 23.5 Å². The van der Waals surface area contributed by atoms with Crippen molar-refractivity contribution in [3.63, 3.8) is 0 Å². The number of rotatable bonds is 5. The van der Waals surface area contributed by atoms with Crippen molar-refractivity contribution < 1.29 is 9.18 Å². The van der Waals surface area contributed by atoms with Gasteiger partial charge in [0.1, 0.15) is 5.82 Å². The Morgan fingerprint density at radius 1 is 1.28 bits per heavy atom. The molecule has 0 aliphatic heterocycles. The average molecular weight is 361 g/mol. The van der Waals surface area contributed by atoms with Crippen LogP contribution in [0.5, 0.6) is 0 Å². The zero-order valence-electron chi connectivity index (χ0n) is 14.7. The molecule has 0 bridgehead atoms. The van der Waals surface area contributed by atoms with Crippen LogP contribution in [0.15, 0.2) is 24.3 Å². The van der Waals surface area contributed by atoms with Crippen LogP contribution in [0.25, 0.3) is 10.2 Å².